The summed E-state index contributed by atoms with van der Waals surface area (Å²) >= 11 is 0. The van der Waals surface area contributed by atoms with E-state index in [0.717, 1.165) is 0 Å². The van der Waals surface area contributed by atoms with E-state index < -0.39 is 24.1 Å². The molecular weight excluding hydrogens is 262 g/mol. The highest BCUT2D eigenvalue weighted by atomic mass is 16.4. The van der Waals surface area contributed by atoms with Crippen molar-refractivity contribution in [2.24, 2.45) is 11.5 Å². The van der Waals surface area contributed by atoms with E-state index in [0.29, 0.717) is 38.6 Å². The molecule has 0 aromatic carbocycles. The molecule has 0 aromatic heterocycles. The molecule has 0 spiro atoms. The third-order valence-electron chi connectivity index (χ3n) is 3.69. The number of carboxylic acid groups (broad SMARTS) is 1. The van der Waals surface area contributed by atoms with E-state index in [9.17, 15) is 14.4 Å². The highest BCUT2D eigenvalue weighted by Crippen LogP contribution is 2.19. The van der Waals surface area contributed by atoms with Gasteiger partial charge in [0.1, 0.15) is 11.8 Å². The maximum absolute atomic E-state index is 12.1. The molecule has 3 atom stereocenters. The molecule has 1 amide bonds. The minimum absolute atomic E-state index is 0.0876. The van der Waals surface area contributed by atoms with Crippen molar-refractivity contribution < 1.29 is 19.5 Å². The Morgan fingerprint density at radius 2 is 1.85 bits per heavy atom. The second-order valence-corrected chi connectivity index (χ2v) is 5.28. The van der Waals surface area contributed by atoms with Crippen LogP contribution in [0.1, 0.15) is 39.0 Å². The van der Waals surface area contributed by atoms with E-state index in [4.69, 9.17) is 16.6 Å². The van der Waals surface area contributed by atoms with Crippen LogP contribution in [-0.4, -0.2) is 52.3 Å². The summed E-state index contributed by atoms with van der Waals surface area (Å²) in [6.07, 6.45) is 2.62. The second-order valence-electron chi connectivity index (χ2n) is 5.28. The first-order chi connectivity index (χ1) is 9.34. The Morgan fingerprint density at radius 3 is 2.40 bits per heavy atom. The molecule has 0 aliphatic carbocycles. The molecule has 20 heavy (non-hydrogen) atoms. The van der Waals surface area contributed by atoms with Crippen LogP contribution in [0.4, 0.5) is 0 Å². The van der Waals surface area contributed by atoms with Gasteiger partial charge >= 0.3 is 5.97 Å². The number of likely N-dealkylation sites (tertiary alicyclic amines) is 1. The van der Waals surface area contributed by atoms with Gasteiger partial charge < -0.3 is 21.5 Å². The molecule has 1 aliphatic heterocycles. The van der Waals surface area contributed by atoms with E-state index in [1.54, 1.807) is 0 Å². The van der Waals surface area contributed by atoms with Gasteiger partial charge in [-0.3, -0.25) is 9.59 Å². The standard InChI is InChI=1S/C13H23N3O4/c1-8(17)9(14)4-2-5-10(15)12(18)16-7-3-6-11(16)13(19)20/h9-11H,2-7,14-15H2,1H3,(H,19,20)/t9?,10-,11-/m0/s1. The highest BCUT2D eigenvalue weighted by molar-refractivity contribution is 5.87. The van der Waals surface area contributed by atoms with Gasteiger partial charge in [0.25, 0.3) is 0 Å². The first kappa shape index (κ1) is 16.6. The first-order valence-corrected chi connectivity index (χ1v) is 6.89. The lowest BCUT2D eigenvalue weighted by Crippen LogP contribution is -2.48. The zero-order valence-corrected chi connectivity index (χ0v) is 11.7. The Labute approximate surface area is 118 Å². The third kappa shape index (κ3) is 4.28. The van der Waals surface area contributed by atoms with Crippen LogP contribution in [0, 0.1) is 0 Å². The average molecular weight is 285 g/mol. The minimum atomic E-state index is -0.985. The van der Waals surface area contributed by atoms with E-state index in [1.807, 2.05) is 0 Å². The maximum Gasteiger partial charge on any atom is 0.326 e. The number of carboxylic acids is 1. The average Bonchev–Trinajstić information content (AvgIpc) is 2.86. The quantitative estimate of drug-likeness (QED) is 0.577. The number of Topliss-reactive ketones (excluding diaryl/α,β-unsaturated/α-hetero) is 1. The third-order valence-corrected chi connectivity index (χ3v) is 3.69. The number of carbonyl (C=O) groups excluding carboxylic acids is 2. The summed E-state index contributed by atoms with van der Waals surface area (Å²) in [5.41, 5.74) is 11.4. The number of rotatable bonds is 7. The molecule has 5 N–H and O–H groups in total. The summed E-state index contributed by atoms with van der Waals surface area (Å²) in [6, 6.07) is -2.00. The largest absolute Gasteiger partial charge is 0.480 e. The van der Waals surface area contributed by atoms with Crippen LogP contribution >= 0.6 is 0 Å². The van der Waals surface area contributed by atoms with Crippen molar-refractivity contribution in [1.82, 2.24) is 4.90 Å². The fraction of sp³-hybridized carbons (Fsp3) is 0.769. The van der Waals surface area contributed by atoms with Gasteiger partial charge in [0.05, 0.1) is 12.1 Å². The Kier molecular flexibility index (Phi) is 6.09. The predicted molar refractivity (Wildman–Crippen MR) is 72.9 cm³/mol. The zero-order chi connectivity index (χ0) is 15.3. The lowest BCUT2D eigenvalue weighted by atomic mass is 10.0. The number of carbonyl (C=O) groups is 3. The van der Waals surface area contributed by atoms with Crippen LogP contribution < -0.4 is 11.5 Å². The minimum Gasteiger partial charge on any atom is -0.480 e. The van der Waals surface area contributed by atoms with Crippen LogP contribution in [0.3, 0.4) is 0 Å². The Morgan fingerprint density at radius 1 is 1.25 bits per heavy atom. The summed E-state index contributed by atoms with van der Waals surface area (Å²) in [5, 5.41) is 9.04. The number of aliphatic carboxylic acids is 1. The van der Waals surface area contributed by atoms with Crippen LogP contribution in [0.15, 0.2) is 0 Å². The topological polar surface area (TPSA) is 127 Å². The first-order valence-electron chi connectivity index (χ1n) is 6.89. The molecule has 0 bridgehead atoms. The molecular formula is C13H23N3O4. The number of nitrogens with zero attached hydrogens (tertiary/aromatic N) is 1. The smallest absolute Gasteiger partial charge is 0.326 e. The van der Waals surface area contributed by atoms with Crippen molar-refractivity contribution in [2.45, 2.75) is 57.2 Å². The van der Waals surface area contributed by atoms with Gasteiger partial charge in [-0.15, -0.1) is 0 Å². The predicted octanol–water partition coefficient (Wildman–Crippen LogP) is -0.524. The fourth-order valence-electron chi connectivity index (χ4n) is 2.38. The Hall–Kier alpha value is -1.47. The van der Waals surface area contributed by atoms with Crippen molar-refractivity contribution in [1.29, 1.82) is 0 Å². The van der Waals surface area contributed by atoms with Gasteiger partial charge in [-0.2, -0.15) is 0 Å². The van der Waals surface area contributed by atoms with Gasteiger partial charge in [0.15, 0.2) is 0 Å². The van der Waals surface area contributed by atoms with E-state index in [2.05, 4.69) is 0 Å². The number of hydrogen-bond donors (Lipinski definition) is 3. The van der Waals surface area contributed by atoms with Crippen LogP contribution in [0.25, 0.3) is 0 Å². The summed E-state index contributed by atoms with van der Waals surface area (Å²) in [6.45, 7) is 1.87. The summed E-state index contributed by atoms with van der Waals surface area (Å²) in [4.78, 5) is 35.5. The van der Waals surface area contributed by atoms with E-state index >= 15 is 0 Å². The summed E-state index contributed by atoms with van der Waals surface area (Å²) in [5.74, 6) is -1.40. The van der Waals surface area contributed by atoms with Crippen molar-refractivity contribution >= 4 is 17.7 Å². The monoisotopic (exact) mass is 285 g/mol. The molecule has 1 unspecified atom stereocenters. The van der Waals surface area contributed by atoms with Gasteiger partial charge in [0.2, 0.25) is 5.91 Å². The molecule has 7 nitrogen and oxygen atoms in total. The molecule has 0 aromatic rings. The van der Waals surface area contributed by atoms with Gasteiger partial charge in [-0.05, 0) is 39.0 Å². The lowest BCUT2D eigenvalue weighted by Gasteiger charge is -2.24. The molecule has 114 valence electrons. The van der Waals surface area contributed by atoms with Crippen molar-refractivity contribution in [3.63, 3.8) is 0 Å². The molecule has 7 heteroatoms. The van der Waals surface area contributed by atoms with Crippen molar-refractivity contribution in [2.75, 3.05) is 6.54 Å². The number of amides is 1. The normalized spacial score (nSPS) is 21.6. The summed E-state index contributed by atoms with van der Waals surface area (Å²) < 4.78 is 0. The number of hydrogen-bond acceptors (Lipinski definition) is 5. The SMILES string of the molecule is CC(=O)C(N)CCC[C@H](N)C(=O)N1CCC[C@H]1C(=O)O. The maximum atomic E-state index is 12.1. The molecule has 1 saturated heterocycles. The van der Waals surface area contributed by atoms with Crippen LogP contribution in [0.5, 0.6) is 0 Å². The molecule has 0 saturated carbocycles. The molecule has 1 fully saturated rings. The molecule has 1 rings (SSSR count). The van der Waals surface area contributed by atoms with E-state index in [-0.39, 0.29) is 11.7 Å². The molecule has 1 heterocycles. The number of nitrogens with two attached hydrogens (primary N) is 2. The van der Waals surface area contributed by atoms with Crippen molar-refractivity contribution in [3.8, 4) is 0 Å². The van der Waals surface area contributed by atoms with Crippen molar-refractivity contribution in [3.05, 3.63) is 0 Å². The van der Waals surface area contributed by atoms with Gasteiger partial charge in [0, 0.05) is 6.54 Å². The molecule has 0 radical (unpaired) electrons. The zero-order valence-electron chi connectivity index (χ0n) is 11.7. The van der Waals surface area contributed by atoms with Gasteiger partial charge in [-0.25, -0.2) is 4.79 Å². The van der Waals surface area contributed by atoms with Crippen LogP contribution in [-0.2, 0) is 14.4 Å². The number of ketones is 1. The molecule has 1 aliphatic rings. The van der Waals surface area contributed by atoms with E-state index in [1.165, 1.54) is 11.8 Å². The lowest BCUT2D eigenvalue weighted by molar-refractivity contribution is -0.148. The highest BCUT2D eigenvalue weighted by Gasteiger charge is 2.35. The second kappa shape index (κ2) is 7.35. The Balaban J connectivity index is 2.43. The summed E-state index contributed by atoms with van der Waals surface area (Å²) in [7, 11) is 0. The van der Waals surface area contributed by atoms with Gasteiger partial charge in [-0.1, -0.05) is 0 Å². The Bertz CT molecular complexity index is 386. The van der Waals surface area contributed by atoms with Crippen LogP contribution in [0.2, 0.25) is 0 Å². The fourth-order valence-corrected chi connectivity index (χ4v) is 2.38.